The Morgan fingerprint density at radius 1 is 1.03 bits per heavy atom. The third-order valence-electron chi connectivity index (χ3n) is 6.23. The molecule has 3 N–H and O–H groups in total. The first kappa shape index (κ1) is 22.0. The summed E-state index contributed by atoms with van der Waals surface area (Å²) in [5.41, 5.74) is 6.73. The van der Waals surface area contributed by atoms with Gasteiger partial charge in [0.2, 0.25) is 17.6 Å². The molecule has 1 aliphatic heterocycles. The predicted octanol–water partition coefficient (Wildman–Crippen LogP) is 1.97. The van der Waals surface area contributed by atoms with E-state index in [4.69, 9.17) is 5.73 Å². The zero-order chi connectivity index (χ0) is 21.5. The van der Waals surface area contributed by atoms with Crippen LogP contribution in [0.2, 0.25) is 0 Å². The molecule has 1 unspecified atom stereocenters. The van der Waals surface area contributed by atoms with Crippen LogP contribution in [0.1, 0.15) is 67.3 Å². The highest BCUT2D eigenvalue weighted by atomic mass is 16.2. The molecule has 1 heterocycles. The van der Waals surface area contributed by atoms with Gasteiger partial charge in [-0.25, -0.2) is 0 Å². The van der Waals surface area contributed by atoms with E-state index in [9.17, 15) is 19.2 Å². The quantitative estimate of drug-likeness (QED) is 0.603. The number of nitrogens with zero attached hydrogens (tertiary/aromatic N) is 1. The van der Waals surface area contributed by atoms with E-state index < -0.39 is 23.6 Å². The number of nitrogens with one attached hydrogen (secondary N) is 1. The Labute approximate surface area is 177 Å². The minimum absolute atomic E-state index is 0.0718. The normalized spacial score (nSPS) is 19.7. The van der Waals surface area contributed by atoms with Gasteiger partial charge in [-0.1, -0.05) is 31.4 Å². The fraction of sp³-hybridized carbons (Fsp3) is 0.565. The largest absolute Gasteiger partial charge is 0.366 e. The van der Waals surface area contributed by atoms with E-state index in [0.717, 1.165) is 18.4 Å². The van der Waals surface area contributed by atoms with E-state index in [1.165, 1.54) is 19.3 Å². The Kier molecular flexibility index (Phi) is 7.60. The SMILES string of the molecule is NC(=O)c1ccc(CCCN2C(=O)CCC2C(=O)C(=O)NCC2CCCCC2)cc1. The summed E-state index contributed by atoms with van der Waals surface area (Å²) in [5, 5.41) is 2.80. The number of Topliss-reactive ketones (excluding diaryl/α,β-unsaturated/α-hetero) is 1. The van der Waals surface area contributed by atoms with Crippen molar-refractivity contribution in [3.63, 3.8) is 0 Å². The minimum atomic E-state index is -0.652. The fourth-order valence-corrected chi connectivity index (χ4v) is 4.44. The van der Waals surface area contributed by atoms with Gasteiger partial charge >= 0.3 is 0 Å². The first-order valence-corrected chi connectivity index (χ1v) is 11.0. The second kappa shape index (κ2) is 10.4. The molecule has 1 aromatic rings. The molecule has 2 aliphatic rings. The first-order chi connectivity index (χ1) is 14.5. The highest BCUT2D eigenvalue weighted by Gasteiger charge is 2.38. The summed E-state index contributed by atoms with van der Waals surface area (Å²) in [4.78, 5) is 50.0. The first-order valence-electron chi connectivity index (χ1n) is 11.0. The number of likely N-dealkylation sites (tertiary alicyclic amines) is 1. The van der Waals surface area contributed by atoms with Gasteiger partial charge in [-0.3, -0.25) is 19.2 Å². The van der Waals surface area contributed by atoms with Gasteiger partial charge in [-0.05, 0) is 55.7 Å². The lowest BCUT2D eigenvalue weighted by Crippen LogP contribution is -2.47. The molecule has 0 aromatic heterocycles. The van der Waals surface area contributed by atoms with E-state index in [2.05, 4.69) is 5.32 Å². The topological polar surface area (TPSA) is 110 Å². The molecular weight excluding hydrogens is 382 g/mol. The molecule has 1 aliphatic carbocycles. The maximum absolute atomic E-state index is 12.7. The summed E-state index contributed by atoms with van der Waals surface area (Å²) in [7, 11) is 0. The van der Waals surface area contributed by atoms with Crippen molar-refractivity contribution in [3.8, 4) is 0 Å². The molecule has 7 nitrogen and oxygen atoms in total. The van der Waals surface area contributed by atoms with Crippen molar-refractivity contribution in [2.45, 2.75) is 63.8 Å². The van der Waals surface area contributed by atoms with Crippen molar-refractivity contribution >= 4 is 23.5 Å². The maximum Gasteiger partial charge on any atom is 0.289 e. The van der Waals surface area contributed by atoms with Gasteiger partial charge in [0.1, 0.15) is 6.04 Å². The van der Waals surface area contributed by atoms with Gasteiger partial charge in [0.25, 0.3) is 5.91 Å². The number of hydrogen-bond donors (Lipinski definition) is 2. The summed E-state index contributed by atoms with van der Waals surface area (Å²) < 4.78 is 0. The molecule has 2 fully saturated rings. The van der Waals surface area contributed by atoms with Crippen LogP contribution in [0.5, 0.6) is 0 Å². The molecular formula is C23H31N3O4. The van der Waals surface area contributed by atoms with Crippen molar-refractivity contribution in [2.24, 2.45) is 11.7 Å². The van der Waals surface area contributed by atoms with E-state index in [-0.39, 0.29) is 5.91 Å². The number of amides is 3. The monoisotopic (exact) mass is 413 g/mol. The summed E-state index contributed by atoms with van der Waals surface area (Å²) in [6, 6.07) is 6.39. The third-order valence-corrected chi connectivity index (χ3v) is 6.23. The van der Waals surface area contributed by atoms with Crippen molar-refractivity contribution in [2.75, 3.05) is 13.1 Å². The maximum atomic E-state index is 12.7. The average molecular weight is 414 g/mol. The van der Waals surface area contributed by atoms with Gasteiger partial charge in [0, 0.05) is 25.1 Å². The van der Waals surface area contributed by atoms with Crippen LogP contribution in [0.3, 0.4) is 0 Å². The molecule has 1 atom stereocenters. The number of benzene rings is 1. The Hall–Kier alpha value is -2.70. The van der Waals surface area contributed by atoms with Crippen molar-refractivity contribution in [3.05, 3.63) is 35.4 Å². The Morgan fingerprint density at radius 3 is 2.40 bits per heavy atom. The fourth-order valence-electron chi connectivity index (χ4n) is 4.44. The molecule has 162 valence electrons. The highest BCUT2D eigenvalue weighted by molar-refractivity contribution is 6.38. The molecule has 0 spiro atoms. The summed E-state index contributed by atoms with van der Waals surface area (Å²) in [6.45, 7) is 0.981. The minimum Gasteiger partial charge on any atom is -0.366 e. The molecule has 1 aromatic carbocycles. The van der Waals surface area contributed by atoms with Crippen molar-refractivity contribution in [1.29, 1.82) is 0 Å². The molecule has 3 rings (SSSR count). The average Bonchev–Trinajstić information content (AvgIpc) is 3.13. The number of primary amides is 1. The lowest BCUT2D eigenvalue weighted by atomic mass is 9.89. The molecule has 3 amide bonds. The van der Waals surface area contributed by atoms with E-state index in [0.29, 0.717) is 50.3 Å². The van der Waals surface area contributed by atoms with Gasteiger partial charge in [0.15, 0.2) is 0 Å². The van der Waals surface area contributed by atoms with Crippen LogP contribution in [-0.4, -0.2) is 47.5 Å². The predicted molar refractivity (Wildman–Crippen MR) is 113 cm³/mol. The number of rotatable bonds is 9. The van der Waals surface area contributed by atoms with Crippen LogP contribution in [-0.2, 0) is 20.8 Å². The molecule has 30 heavy (non-hydrogen) atoms. The van der Waals surface area contributed by atoms with Gasteiger partial charge in [-0.15, -0.1) is 0 Å². The number of aryl methyl sites for hydroxylation is 1. The van der Waals surface area contributed by atoms with E-state index in [1.807, 2.05) is 12.1 Å². The number of nitrogens with two attached hydrogens (primary N) is 1. The van der Waals surface area contributed by atoms with Crippen LogP contribution in [0.25, 0.3) is 0 Å². The van der Waals surface area contributed by atoms with Gasteiger partial charge in [0.05, 0.1) is 0 Å². The summed E-state index contributed by atoms with van der Waals surface area (Å²) in [6.07, 6.45) is 7.91. The van der Waals surface area contributed by atoms with Crippen molar-refractivity contribution < 1.29 is 19.2 Å². The van der Waals surface area contributed by atoms with Gasteiger partial charge < -0.3 is 16.0 Å². The number of carbonyl (C=O) groups is 4. The molecule has 1 saturated carbocycles. The Balaban J connectivity index is 1.48. The van der Waals surface area contributed by atoms with Crippen molar-refractivity contribution in [1.82, 2.24) is 10.2 Å². The molecule has 0 radical (unpaired) electrons. The van der Waals surface area contributed by atoms with Crippen LogP contribution in [0, 0.1) is 5.92 Å². The molecule has 7 heteroatoms. The van der Waals surface area contributed by atoms with Crippen LogP contribution in [0.4, 0.5) is 0 Å². The zero-order valence-electron chi connectivity index (χ0n) is 17.4. The third kappa shape index (κ3) is 5.68. The molecule has 1 saturated heterocycles. The van der Waals surface area contributed by atoms with Crippen LogP contribution in [0.15, 0.2) is 24.3 Å². The lowest BCUT2D eigenvalue weighted by molar-refractivity contribution is -0.142. The Morgan fingerprint density at radius 2 is 1.73 bits per heavy atom. The van der Waals surface area contributed by atoms with Gasteiger partial charge in [-0.2, -0.15) is 0 Å². The van der Waals surface area contributed by atoms with E-state index >= 15 is 0 Å². The summed E-state index contributed by atoms with van der Waals surface area (Å²) in [5.74, 6) is -1.14. The standard InChI is InChI=1S/C23H31N3O4/c24-22(29)18-10-8-16(9-11-18)7-4-14-26-19(12-13-20(26)27)21(28)23(30)25-15-17-5-2-1-3-6-17/h8-11,17,19H,1-7,12-15H2,(H2,24,29)(H,25,30). The number of ketones is 1. The zero-order valence-corrected chi connectivity index (χ0v) is 17.4. The smallest absolute Gasteiger partial charge is 0.289 e. The van der Waals surface area contributed by atoms with E-state index in [1.54, 1.807) is 17.0 Å². The lowest BCUT2D eigenvalue weighted by Gasteiger charge is -2.24. The highest BCUT2D eigenvalue weighted by Crippen LogP contribution is 2.23. The van der Waals surface area contributed by atoms with Crippen LogP contribution >= 0.6 is 0 Å². The second-order valence-corrected chi connectivity index (χ2v) is 8.38. The second-order valence-electron chi connectivity index (χ2n) is 8.38. The number of carbonyl (C=O) groups excluding carboxylic acids is 4. The summed E-state index contributed by atoms with van der Waals surface area (Å²) >= 11 is 0. The Bertz CT molecular complexity index is 784. The van der Waals surface area contributed by atoms with Crippen LogP contribution < -0.4 is 11.1 Å². The number of hydrogen-bond acceptors (Lipinski definition) is 4. The molecule has 0 bridgehead atoms.